The predicted molar refractivity (Wildman–Crippen MR) is 107 cm³/mol. The smallest absolute Gasteiger partial charge is 0.253 e. The van der Waals surface area contributed by atoms with Crippen LogP contribution in [0.3, 0.4) is 0 Å². The molecule has 3 rings (SSSR count). The van der Waals surface area contributed by atoms with Crippen LogP contribution in [0.5, 0.6) is 0 Å². The zero-order valence-corrected chi connectivity index (χ0v) is 17.0. The first-order valence-electron chi connectivity index (χ1n) is 9.88. The molecule has 150 valence electrons. The van der Waals surface area contributed by atoms with Crippen LogP contribution in [0, 0.1) is 0 Å². The lowest BCUT2D eigenvalue weighted by Gasteiger charge is -2.24. The van der Waals surface area contributed by atoms with Gasteiger partial charge in [-0.05, 0) is 44.0 Å². The van der Waals surface area contributed by atoms with E-state index in [4.69, 9.17) is 0 Å². The summed E-state index contributed by atoms with van der Waals surface area (Å²) in [5.41, 5.74) is 1.28. The van der Waals surface area contributed by atoms with Crippen molar-refractivity contribution in [2.24, 2.45) is 0 Å². The summed E-state index contributed by atoms with van der Waals surface area (Å²) in [6, 6.07) is 5.07. The first-order valence-corrected chi connectivity index (χ1v) is 11.3. The van der Waals surface area contributed by atoms with Crippen molar-refractivity contribution in [1.29, 1.82) is 0 Å². The number of sulfonamides is 1. The molecule has 8 heteroatoms. The van der Waals surface area contributed by atoms with E-state index in [0.29, 0.717) is 18.7 Å². The number of nitrogens with one attached hydrogen (secondary N) is 2. The van der Waals surface area contributed by atoms with Crippen LogP contribution in [0.1, 0.15) is 43.5 Å². The van der Waals surface area contributed by atoms with Crippen LogP contribution in [0.15, 0.2) is 23.1 Å². The van der Waals surface area contributed by atoms with Gasteiger partial charge in [0.25, 0.3) is 5.91 Å². The Morgan fingerprint density at radius 2 is 1.96 bits per heavy atom. The summed E-state index contributed by atoms with van der Waals surface area (Å²) in [5, 5.41) is 6.30. The second kappa shape index (κ2) is 8.58. The Morgan fingerprint density at radius 1 is 1.26 bits per heavy atom. The van der Waals surface area contributed by atoms with Crippen molar-refractivity contribution in [3.05, 3.63) is 23.8 Å². The third-order valence-corrected chi connectivity index (χ3v) is 7.44. The Morgan fingerprint density at radius 3 is 2.56 bits per heavy atom. The van der Waals surface area contributed by atoms with Crippen molar-refractivity contribution in [2.45, 2.75) is 44.0 Å². The van der Waals surface area contributed by atoms with Crippen molar-refractivity contribution < 1.29 is 13.2 Å². The summed E-state index contributed by atoms with van der Waals surface area (Å²) >= 11 is 0. The summed E-state index contributed by atoms with van der Waals surface area (Å²) in [5.74, 6) is -0.192. The second-order valence-electron chi connectivity index (χ2n) is 7.13. The van der Waals surface area contributed by atoms with E-state index in [2.05, 4.69) is 15.5 Å². The van der Waals surface area contributed by atoms with Crippen LogP contribution in [-0.2, 0) is 10.0 Å². The largest absolute Gasteiger partial charge is 0.371 e. The molecule has 0 radical (unpaired) electrons. The molecular weight excluding hydrogens is 364 g/mol. The lowest BCUT2D eigenvalue weighted by atomic mass is 10.1. The zero-order chi connectivity index (χ0) is 19.4. The Balaban J connectivity index is 1.96. The minimum atomic E-state index is -3.60. The maximum absolute atomic E-state index is 13.0. The molecule has 1 aromatic rings. The van der Waals surface area contributed by atoms with Gasteiger partial charge in [0, 0.05) is 44.5 Å². The molecule has 0 bridgehead atoms. The first kappa shape index (κ1) is 20.1. The Labute approximate surface area is 162 Å². The molecule has 1 amide bonds. The highest BCUT2D eigenvalue weighted by Crippen LogP contribution is 2.28. The number of carbonyl (C=O) groups is 1. The van der Waals surface area contributed by atoms with Gasteiger partial charge in [0.2, 0.25) is 10.0 Å². The van der Waals surface area contributed by atoms with Crippen LogP contribution in [0.25, 0.3) is 0 Å². The molecule has 2 heterocycles. The highest BCUT2D eigenvalue weighted by molar-refractivity contribution is 7.89. The Hall–Kier alpha value is -1.64. The fourth-order valence-electron chi connectivity index (χ4n) is 3.84. The van der Waals surface area contributed by atoms with Crippen molar-refractivity contribution >= 4 is 21.6 Å². The van der Waals surface area contributed by atoms with Crippen LogP contribution in [0.4, 0.5) is 5.69 Å². The first-order chi connectivity index (χ1) is 13.0. The minimum Gasteiger partial charge on any atom is -0.371 e. The van der Waals surface area contributed by atoms with E-state index in [9.17, 15) is 13.2 Å². The SMILES string of the molecule is CCN(CC)S(=O)(=O)c1ccc(N2CCCC2)c(C(=O)NC2CCNC2)c1. The fourth-order valence-corrected chi connectivity index (χ4v) is 5.33. The standard InChI is InChI=1S/C19H30N4O3S/c1-3-23(4-2)27(25,26)16-7-8-18(22-11-5-6-12-22)17(13-16)19(24)21-15-9-10-20-14-15/h7-8,13,15,20H,3-6,9-12,14H2,1-2H3,(H,21,24). The van der Waals surface area contributed by atoms with Gasteiger partial charge in [-0.15, -0.1) is 0 Å². The lowest BCUT2D eigenvalue weighted by molar-refractivity contribution is 0.0940. The molecule has 1 aromatic carbocycles. The number of hydrogen-bond acceptors (Lipinski definition) is 5. The van der Waals surface area contributed by atoms with Crippen LogP contribution in [0.2, 0.25) is 0 Å². The van der Waals surface area contributed by atoms with E-state index in [1.54, 1.807) is 18.2 Å². The Bertz CT molecular complexity index is 765. The molecule has 2 aliphatic rings. The van der Waals surface area contributed by atoms with Gasteiger partial charge in [0.1, 0.15) is 0 Å². The van der Waals surface area contributed by atoms with Gasteiger partial charge in [-0.2, -0.15) is 4.31 Å². The van der Waals surface area contributed by atoms with Crippen LogP contribution < -0.4 is 15.5 Å². The molecule has 1 atom stereocenters. The van der Waals surface area contributed by atoms with Gasteiger partial charge in [0.05, 0.1) is 10.5 Å². The molecule has 0 spiro atoms. The maximum atomic E-state index is 13.0. The number of hydrogen-bond donors (Lipinski definition) is 2. The van der Waals surface area contributed by atoms with Crippen molar-refractivity contribution in [2.75, 3.05) is 44.2 Å². The van der Waals surface area contributed by atoms with Crippen molar-refractivity contribution in [3.8, 4) is 0 Å². The van der Waals surface area contributed by atoms with Crippen molar-refractivity contribution in [3.63, 3.8) is 0 Å². The molecule has 2 saturated heterocycles. The average Bonchev–Trinajstić information content (AvgIpc) is 3.36. The third-order valence-electron chi connectivity index (χ3n) is 5.40. The highest BCUT2D eigenvalue weighted by atomic mass is 32.2. The molecule has 2 fully saturated rings. The Kier molecular flexibility index (Phi) is 6.39. The lowest BCUT2D eigenvalue weighted by Crippen LogP contribution is -2.37. The second-order valence-corrected chi connectivity index (χ2v) is 9.06. The van der Waals surface area contributed by atoms with E-state index < -0.39 is 10.0 Å². The quantitative estimate of drug-likeness (QED) is 0.731. The molecule has 2 N–H and O–H groups in total. The summed E-state index contributed by atoms with van der Waals surface area (Å²) in [6.45, 7) is 7.88. The number of benzene rings is 1. The summed E-state index contributed by atoms with van der Waals surface area (Å²) in [6.07, 6.45) is 3.07. The van der Waals surface area contributed by atoms with Crippen LogP contribution >= 0.6 is 0 Å². The topological polar surface area (TPSA) is 81.8 Å². The number of anilines is 1. The summed E-state index contributed by atoms with van der Waals surface area (Å²) < 4.78 is 27.3. The van der Waals surface area contributed by atoms with Gasteiger partial charge in [0.15, 0.2) is 0 Å². The van der Waals surface area contributed by atoms with Gasteiger partial charge >= 0.3 is 0 Å². The van der Waals surface area contributed by atoms with Gasteiger partial charge in [-0.3, -0.25) is 4.79 Å². The summed E-state index contributed by atoms with van der Waals surface area (Å²) in [7, 11) is -3.60. The molecule has 0 saturated carbocycles. The van der Waals surface area contributed by atoms with E-state index in [0.717, 1.165) is 51.1 Å². The zero-order valence-electron chi connectivity index (χ0n) is 16.2. The van der Waals surface area contributed by atoms with E-state index in [1.807, 2.05) is 13.8 Å². The fraction of sp³-hybridized carbons (Fsp3) is 0.632. The number of amides is 1. The minimum absolute atomic E-state index is 0.0898. The number of carbonyl (C=O) groups excluding carboxylic acids is 1. The van der Waals surface area contributed by atoms with Gasteiger partial charge < -0.3 is 15.5 Å². The highest BCUT2D eigenvalue weighted by Gasteiger charge is 2.27. The normalized spacial score (nSPS) is 20.4. The molecule has 7 nitrogen and oxygen atoms in total. The van der Waals surface area contributed by atoms with E-state index in [-0.39, 0.29) is 16.8 Å². The van der Waals surface area contributed by atoms with E-state index >= 15 is 0 Å². The van der Waals surface area contributed by atoms with E-state index in [1.165, 1.54) is 4.31 Å². The average molecular weight is 395 g/mol. The van der Waals surface area contributed by atoms with Crippen LogP contribution in [-0.4, -0.2) is 63.9 Å². The van der Waals surface area contributed by atoms with Gasteiger partial charge in [-0.25, -0.2) is 8.42 Å². The monoisotopic (exact) mass is 394 g/mol. The molecule has 0 aliphatic carbocycles. The molecule has 0 aromatic heterocycles. The number of rotatable bonds is 7. The maximum Gasteiger partial charge on any atom is 0.253 e. The molecular formula is C19H30N4O3S. The predicted octanol–water partition coefficient (Wildman–Crippen LogP) is 1.41. The molecule has 2 aliphatic heterocycles. The molecule has 27 heavy (non-hydrogen) atoms. The van der Waals surface area contributed by atoms with Gasteiger partial charge in [-0.1, -0.05) is 13.8 Å². The number of nitrogens with zero attached hydrogens (tertiary/aromatic N) is 2. The summed E-state index contributed by atoms with van der Waals surface area (Å²) in [4.78, 5) is 15.4. The molecule has 1 unspecified atom stereocenters. The van der Waals surface area contributed by atoms with Crippen molar-refractivity contribution in [1.82, 2.24) is 14.9 Å². The third kappa shape index (κ3) is 4.28.